The van der Waals surface area contributed by atoms with Crippen molar-refractivity contribution < 1.29 is 24.2 Å². The summed E-state index contributed by atoms with van der Waals surface area (Å²) in [6, 6.07) is 7.99. The number of carbonyl (C=O) groups is 2. The molecule has 2 unspecified atom stereocenters. The maximum absolute atomic E-state index is 12.0. The molecule has 0 radical (unpaired) electrons. The number of nitrogens with zero attached hydrogens (tertiary/aromatic N) is 2. The number of benzene rings is 1. The number of hydrogen-bond donors (Lipinski definition) is 1. The molecule has 2 atom stereocenters. The van der Waals surface area contributed by atoms with Gasteiger partial charge >= 0.3 is 5.97 Å². The Morgan fingerprint density at radius 3 is 2.57 bits per heavy atom. The lowest BCUT2D eigenvalue weighted by Crippen LogP contribution is -2.31. The number of Topliss-reactive ketones (excluding diaryl/α,β-unsaturated/α-hetero) is 1. The molecule has 120 valence electrons. The topological polar surface area (TPSA) is 120 Å². The zero-order valence-corrected chi connectivity index (χ0v) is 12.8. The van der Waals surface area contributed by atoms with E-state index in [9.17, 15) is 14.7 Å². The molecule has 7 nitrogen and oxygen atoms in total. The summed E-state index contributed by atoms with van der Waals surface area (Å²) >= 11 is 0. The molecule has 23 heavy (non-hydrogen) atoms. The largest absolute Gasteiger partial charge is 0.496 e. The van der Waals surface area contributed by atoms with Crippen LogP contribution in [0.15, 0.2) is 18.2 Å². The molecule has 0 aliphatic carbocycles. The van der Waals surface area contributed by atoms with Gasteiger partial charge in [-0.25, -0.2) is 0 Å². The third kappa shape index (κ3) is 4.53. The third-order valence-electron chi connectivity index (χ3n) is 3.15. The Morgan fingerprint density at radius 2 is 2.04 bits per heavy atom. The van der Waals surface area contributed by atoms with E-state index in [1.165, 1.54) is 25.3 Å². The van der Waals surface area contributed by atoms with E-state index in [0.717, 1.165) is 6.92 Å². The van der Waals surface area contributed by atoms with Crippen molar-refractivity contribution in [3.05, 3.63) is 29.3 Å². The Morgan fingerprint density at radius 1 is 1.35 bits per heavy atom. The minimum absolute atomic E-state index is 0.00729. The molecule has 0 spiro atoms. The smallest absolute Gasteiger partial charge is 0.319 e. The van der Waals surface area contributed by atoms with Crippen LogP contribution >= 0.6 is 0 Å². The summed E-state index contributed by atoms with van der Waals surface area (Å²) < 4.78 is 9.93. The van der Waals surface area contributed by atoms with Crippen molar-refractivity contribution in [3.63, 3.8) is 0 Å². The minimum Gasteiger partial charge on any atom is -0.496 e. The van der Waals surface area contributed by atoms with Crippen LogP contribution in [0.5, 0.6) is 5.75 Å². The molecule has 0 aliphatic heterocycles. The monoisotopic (exact) mass is 316 g/mol. The molecule has 0 saturated carbocycles. The number of rotatable bonds is 7. The molecule has 1 rings (SSSR count). The van der Waals surface area contributed by atoms with E-state index in [1.54, 1.807) is 0 Å². The van der Waals surface area contributed by atoms with E-state index < -0.39 is 23.8 Å². The van der Waals surface area contributed by atoms with Crippen LogP contribution in [0.1, 0.15) is 30.6 Å². The lowest BCUT2D eigenvalue weighted by molar-refractivity contribution is -0.156. The quantitative estimate of drug-likeness (QED) is 0.456. The lowest BCUT2D eigenvalue weighted by Gasteiger charge is -2.21. The minimum atomic E-state index is -1.48. The highest BCUT2D eigenvalue weighted by Gasteiger charge is 2.35. The second kappa shape index (κ2) is 8.52. The SMILES string of the molecule is COc1cc(C#N)ccc1C(O)C(C(C)=O)C(=O)OCCC#N. The molecule has 0 bridgehead atoms. The van der Waals surface area contributed by atoms with Gasteiger partial charge in [-0.2, -0.15) is 10.5 Å². The van der Waals surface area contributed by atoms with Gasteiger partial charge in [-0.3, -0.25) is 9.59 Å². The van der Waals surface area contributed by atoms with Crippen molar-refractivity contribution in [2.75, 3.05) is 13.7 Å². The van der Waals surface area contributed by atoms with E-state index in [4.69, 9.17) is 20.0 Å². The van der Waals surface area contributed by atoms with Crippen LogP contribution in [0.25, 0.3) is 0 Å². The van der Waals surface area contributed by atoms with Gasteiger partial charge in [0.15, 0.2) is 0 Å². The summed E-state index contributed by atoms with van der Waals surface area (Å²) in [5.74, 6) is -2.74. The normalized spacial score (nSPS) is 12.4. The molecule has 0 amide bonds. The van der Waals surface area contributed by atoms with Crippen molar-refractivity contribution in [2.45, 2.75) is 19.4 Å². The summed E-state index contributed by atoms with van der Waals surface area (Å²) in [7, 11) is 1.35. The van der Waals surface area contributed by atoms with Gasteiger partial charge in [-0.15, -0.1) is 0 Å². The first-order chi connectivity index (χ1) is 11.0. The Bertz CT molecular complexity index is 672. The van der Waals surface area contributed by atoms with Gasteiger partial charge in [0.2, 0.25) is 0 Å². The van der Waals surface area contributed by atoms with E-state index in [-0.39, 0.29) is 24.3 Å². The molecular formula is C16H16N2O5. The van der Waals surface area contributed by atoms with E-state index >= 15 is 0 Å². The molecule has 0 heterocycles. The highest BCUT2D eigenvalue weighted by Crippen LogP contribution is 2.32. The molecule has 1 N–H and O–H groups in total. The molecule has 0 fully saturated rings. The third-order valence-corrected chi connectivity index (χ3v) is 3.15. The van der Waals surface area contributed by atoms with Gasteiger partial charge in [0.05, 0.1) is 31.2 Å². The Hall–Kier alpha value is -2.90. The number of methoxy groups -OCH3 is 1. The molecule has 0 aromatic heterocycles. The fraction of sp³-hybridized carbons (Fsp3) is 0.375. The summed E-state index contributed by atoms with van der Waals surface area (Å²) in [5, 5.41) is 27.7. The molecule has 7 heteroatoms. The first-order valence-corrected chi connectivity index (χ1v) is 6.76. The summed E-state index contributed by atoms with van der Waals surface area (Å²) in [6.45, 7) is 1.01. The first-order valence-electron chi connectivity index (χ1n) is 6.76. The highest BCUT2D eigenvalue weighted by atomic mass is 16.5. The summed E-state index contributed by atoms with van der Waals surface area (Å²) in [4.78, 5) is 23.7. The first kappa shape index (κ1) is 18.1. The van der Waals surface area contributed by atoms with E-state index in [2.05, 4.69) is 0 Å². The predicted octanol–water partition coefficient (Wildman–Crippen LogP) is 1.26. The zero-order valence-electron chi connectivity index (χ0n) is 12.8. The number of esters is 1. The van der Waals surface area contributed by atoms with E-state index in [1.807, 2.05) is 12.1 Å². The van der Waals surface area contributed by atoms with Gasteiger partial charge in [-0.05, 0) is 19.1 Å². The van der Waals surface area contributed by atoms with Crippen LogP contribution in [-0.4, -0.2) is 30.6 Å². The average Bonchev–Trinajstić information content (AvgIpc) is 2.54. The zero-order chi connectivity index (χ0) is 17.4. The van der Waals surface area contributed by atoms with Crippen molar-refractivity contribution in [1.82, 2.24) is 0 Å². The molecule has 1 aromatic carbocycles. The fourth-order valence-corrected chi connectivity index (χ4v) is 2.01. The highest BCUT2D eigenvalue weighted by molar-refractivity contribution is 5.98. The number of carbonyl (C=O) groups excluding carboxylic acids is 2. The number of aliphatic hydroxyl groups excluding tert-OH is 1. The standard InChI is InChI=1S/C16H16N2O5/c1-10(19)14(16(21)23-7-3-6-17)15(20)12-5-4-11(9-18)8-13(12)22-2/h4-5,8,14-15,20H,3,7H2,1-2H3. The van der Waals surface area contributed by atoms with Gasteiger partial charge in [0.25, 0.3) is 0 Å². The van der Waals surface area contributed by atoms with Gasteiger partial charge in [-0.1, -0.05) is 6.07 Å². The number of nitriles is 2. The van der Waals surface area contributed by atoms with Gasteiger partial charge < -0.3 is 14.6 Å². The van der Waals surface area contributed by atoms with Crippen molar-refractivity contribution >= 4 is 11.8 Å². The Kier molecular flexibility index (Phi) is 6.72. The lowest BCUT2D eigenvalue weighted by atomic mass is 9.91. The fourth-order valence-electron chi connectivity index (χ4n) is 2.01. The van der Waals surface area contributed by atoms with Crippen molar-refractivity contribution in [1.29, 1.82) is 10.5 Å². The van der Waals surface area contributed by atoms with Gasteiger partial charge in [0.1, 0.15) is 30.2 Å². The molecule has 0 saturated heterocycles. The predicted molar refractivity (Wildman–Crippen MR) is 78.0 cm³/mol. The van der Waals surface area contributed by atoms with Crippen LogP contribution in [0, 0.1) is 28.6 Å². The summed E-state index contributed by atoms with van der Waals surface area (Å²) in [6.07, 6.45) is -1.49. The van der Waals surface area contributed by atoms with Crippen molar-refractivity contribution in [3.8, 4) is 17.9 Å². The van der Waals surface area contributed by atoms with Crippen LogP contribution in [0.3, 0.4) is 0 Å². The van der Waals surface area contributed by atoms with Crippen LogP contribution < -0.4 is 4.74 Å². The molecule has 1 aromatic rings. The average molecular weight is 316 g/mol. The maximum Gasteiger partial charge on any atom is 0.319 e. The number of ketones is 1. The van der Waals surface area contributed by atoms with Crippen LogP contribution in [0.4, 0.5) is 0 Å². The van der Waals surface area contributed by atoms with Crippen molar-refractivity contribution in [2.24, 2.45) is 5.92 Å². The number of ether oxygens (including phenoxy) is 2. The summed E-state index contributed by atoms with van der Waals surface area (Å²) in [5.41, 5.74) is 0.512. The second-order valence-corrected chi connectivity index (χ2v) is 4.68. The second-order valence-electron chi connectivity index (χ2n) is 4.68. The van der Waals surface area contributed by atoms with E-state index in [0.29, 0.717) is 5.56 Å². The maximum atomic E-state index is 12.0. The number of aliphatic hydroxyl groups is 1. The van der Waals surface area contributed by atoms with Crippen LogP contribution in [-0.2, 0) is 14.3 Å². The van der Waals surface area contributed by atoms with Crippen LogP contribution in [0.2, 0.25) is 0 Å². The van der Waals surface area contributed by atoms with Gasteiger partial charge in [0, 0.05) is 5.56 Å². The Balaban J connectivity index is 3.09. The Labute approximate surface area is 133 Å². The molecular weight excluding hydrogens is 300 g/mol. The number of hydrogen-bond acceptors (Lipinski definition) is 7. The molecule has 0 aliphatic rings.